The van der Waals surface area contributed by atoms with Gasteiger partial charge in [-0.05, 0) is 48.3 Å². The second-order valence-corrected chi connectivity index (χ2v) is 16.7. The maximum atomic E-state index is 14.6. The predicted octanol–water partition coefficient (Wildman–Crippen LogP) is -0.0480. The van der Waals surface area contributed by atoms with Crippen LogP contribution in [0.3, 0.4) is 0 Å². The fraction of sp³-hybridized carbons (Fsp3) is 0.512. The van der Waals surface area contributed by atoms with E-state index in [0.717, 1.165) is 4.90 Å². The Morgan fingerprint density at radius 2 is 1.44 bits per heavy atom. The Kier molecular flexibility index (Phi) is 20.4. The van der Waals surface area contributed by atoms with E-state index < -0.39 is 90.2 Å². The van der Waals surface area contributed by atoms with Crippen LogP contribution in [0.25, 0.3) is 0 Å². The van der Waals surface area contributed by atoms with Crippen molar-refractivity contribution in [3.63, 3.8) is 0 Å². The number of benzene rings is 2. The smallest absolute Gasteiger partial charge is 0.329 e. The van der Waals surface area contributed by atoms with E-state index in [1.54, 1.807) is 60.7 Å². The number of carbonyl (C=O) groups is 9. The zero-order valence-electron chi connectivity index (χ0n) is 35.9. The maximum absolute atomic E-state index is 14.6. The van der Waals surface area contributed by atoms with E-state index in [4.69, 9.17) is 16.2 Å². The molecule has 0 unspecified atom stereocenters. The number of ether oxygens (including phenoxy) is 1. The van der Waals surface area contributed by atoms with Crippen molar-refractivity contribution in [3.8, 4) is 0 Å². The molecule has 0 spiro atoms. The van der Waals surface area contributed by atoms with Crippen molar-refractivity contribution in [2.45, 2.75) is 102 Å². The minimum Gasteiger partial charge on any atom is -0.451 e. The summed E-state index contributed by atoms with van der Waals surface area (Å²) in [4.78, 5) is 121. The van der Waals surface area contributed by atoms with Gasteiger partial charge < -0.3 is 47.3 Å². The van der Waals surface area contributed by atoms with Gasteiger partial charge >= 0.3 is 5.97 Å². The number of nitrogens with one attached hydrogen (secondary N) is 4. The van der Waals surface area contributed by atoms with Crippen LogP contribution in [-0.2, 0) is 60.7 Å². The summed E-state index contributed by atoms with van der Waals surface area (Å²) in [5, 5.41) is 10.5. The molecule has 0 aromatic heterocycles. The zero-order valence-corrected chi connectivity index (χ0v) is 36.7. The van der Waals surface area contributed by atoms with Gasteiger partial charge in [-0.15, -0.1) is 0 Å². The van der Waals surface area contributed by atoms with E-state index in [-0.39, 0.29) is 63.2 Å². The number of hydrogen-bond donors (Lipinski definition) is 6. The Morgan fingerprint density at radius 1 is 0.823 bits per heavy atom. The number of thioether (sulfide) groups is 1. The molecule has 8 N–H and O–H groups in total. The van der Waals surface area contributed by atoms with E-state index >= 15 is 0 Å². The van der Waals surface area contributed by atoms with Crippen LogP contribution in [0.1, 0.15) is 63.5 Å². The number of carbonyl (C=O) groups excluding carboxylic acids is 9. The summed E-state index contributed by atoms with van der Waals surface area (Å²) < 4.78 is 5.42. The van der Waals surface area contributed by atoms with Crippen molar-refractivity contribution in [1.82, 2.24) is 31.1 Å². The van der Waals surface area contributed by atoms with E-state index in [2.05, 4.69) is 21.3 Å². The van der Waals surface area contributed by atoms with Crippen molar-refractivity contribution >= 4 is 65.0 Å². The Morgan fingerprint density at radius 3 is 1.97 bits per heavy atom. The third-order valence-electron chi connectivity index (χ3n) is 10.1. The predicted molar refractivity (Wildman–Crippen MR) is 231 cm³/mol. The first-order valence-corrected chi connectivity index (χ1v) is 21.8. The van der Waals surface area contributed by atoms with Gasteiger partial charge in [0, 0.05) is 46.2 Å². The molecule has 1 heterocycles. The van der Waals surface area contributed by atoms with Gasteiger partial charge in [-0.2, -0.15) is 11.8 Å². The molecule has 0 bridgehead atoms. The molecule has 1 aliphatic rings. The van der Waals surface area contributed by atoms with Gasteiger partial charge in [0.15, 0.2) is 6.10 Å². The van der Waals surface area contributed by atoms with Crippen LogP contribution >= 0.6 is 11.8 Å². The normalized spacial score (nSPS) is 15.8. The van der Waals surface area contributed by atoms with Crippen LogP contribution in [0, 0.1) is 5.92 Å². The summed E-state index contributed by atoms with van der Waals surface area (Å²) in [7, 11) is 2.78. The van der Waals surface area contributed by atoms with Gasteiger partial charge in [0.05, 0.1) is 6.54 Å². The van der Waals surface area contributed by atoms with E-state index in [9.17, 15) is 43.2 Å². The third kappa shape index (κ3) is 16.5. The molecule has 1 fully saturated rings. The lowest BCUT2D eigenvalue weighted by Gasteiger charge is -2.34. The summed E-state index contributed by atoms with van der Waals surface area (Å²) in [5.74, 6) is -5.72. The first kappa shape index (κ1) is 50.4. The molecule has 19 heteroatoms. The highest BCUT2D eigenvalue weighted by molar-refractivity contribution is 7.98. The SMILES string of the molecule is CSCC[C@@H](OC(=O)[C@H](CC(C)C)NC(=O)CN(C)C(=O)[C@H](Cc1ccccc1)N(C)C(=O)[C@H](Cc1ccccc1)NC(=O)[C@H](CCC(N)=O)NC(=O)[C@@H]1CCC(=O)N1)C(N)=O. The number of hydrogen-bond acceptors (Lipinski definition) is 11. The van der Waals surface area contributed by atoms with Crippen LogP contribution in [-0.4, -0.2) is 132 Å². The average Bonchev–Trinajstić information content (AvgIpc) is 3.68. The molecule has 6 atom stereocenters. The largest absolute Gasteiger partial charge is 0.451 e. The third-order valence-corrected chi connectivity index (χ3v) is 10.8. The van der Waals surface area contributed by atoms with Gasteiger partial charge in [-0.25, -0.2) is 4.79 Å². The highest BCUT2D eigenvalue weighted by atomic mass is 32.2. The number of esters is 1. The van der Waals surface area contributed by atoms with Crippen molar-refractivity contribution in [2.24, 2.45) is 17.4 Å². The molecule has 0 aliphatic carbocycles. The van der Waals surface area contributed by atoms with Gasteiger partial charge in [0.25, 0.3) is 5.91 Å². The van der Waals surface area contributed by atoms with Gasteiger partial charge in [0.1, 0.15) is 30.2 Å². The van der Waals surface area contributed by atoms with Crippen molar-refractivity contribution in [2.75, 3.05) is 32.6 Å². The molecule has 0 saturated carbocycles. The lowest BCUT2D eigenvalue weighted by molar-refractivity contribution is -0.158. The van der Waals surface area contributed by atoms with Crippen LogP contribution in [0.5, 0.6) is 0 Å². The highest BCUT2D eigenvalue weighted by Gasteiger charge is 2.37. The standard InChI is InChI=1S/C43H60N8O10S/c1-26(2)22-32(43(60)61-34(38(45)55)20-21-62-5)47-37(54)25-50(3)42(59)33(24-28-14-10-7-11-15-28)51(4)41(58)31(23-27-12-8-6-9-13-27)49-40(57)30(16-18-35(44)52)48-39(56)29-17-19-36(53)46-29/h6-15,26,29-34H,16-25H2,1-5H3,(H2,44,52)(H2,45,55)(H,46,53)(H,47,54)(H,48,56)(H,49,57)/t29-,30-,31-,32-,33-,34+/m0/s1. The molecular weight excluding hydrogens is 821 g/mol. The summed E-state index contributed by atoms with van der Waals surface area (Å²) in [5.41, 5.74) is 12.2. The quantitative estimate of drug-likeness (QED) is 0.0720. The van der Waals surface area contributed by atoms with Crippen LogP contribution in [0.4, 0.5) is 0 Å². The molecular formula is C43H60N8O10S. The van der Waals surface area contributed by atoms with Gasteiger partial charge in [-0.3, -0.25) is 38.4 Å². The van der Waals surface area contributed by atoms with Crippen molar-refractivity contribution in [3.05, 3.63) is 71.8 Å². The number of nitrogens with zero attached hydrogens (tertiary/aromatic N) is 2. The minimum absolute atomic E-state index is 0.0110. The number of nitrogens with two attached hydrogens (primary N) is 2. The molecule has 0 radical (unpaired) electrons. The lowest BCUT2D eigenvalue weighted by atomic mass is 10.00. The van der Waals surface area contributed by atoms with E-state index in [1.807, 2.05) is 20.1 Å². The van der Waals surface area contributed by atoms with Crippen molar-refractivity contribution in [1.29, 1.82) is 0 Å². The first-order valence-electron chi connectivity index (χ1n) is 20.5. The fourth-order valence-corrected chi connectivity index (χ4v) is 7.22. The number of rotatable bonds is 25. The molecule has 62 heavy (non-hydrogen) atoms. The van der Waals surface area contributed by atoms with Crippen LogP contribution in [0.2, 0.25) is 0 Å². The summed E-state index contributed by atoms with van der Waals surface area (Å²) in [6, 6.07) is 11.8. The van der Waals surface area contributed by atoms with E-state index in [0.29, 0.717) is 16.9 Å². The second-order valence-electron chi connectivity index (χ2n) is 15.7. The Balaban J connectivity index is 1.89. The summed E-state index contributed by atoms with van der Waals surface area (Å²) >= 11 is 1.45. The summed E-state index contributed by atoms with van der Waals surface area (Å²) in [6.45, 7) is 3.15. The molecule has 3 rings (SSSR count). The maximum Gasteiger partial charge on any atom is 0.329 e. The Bertz CT molecular complexity index is 1890. The lowest BCUT2D eigenvalue weighted by Crippen LogP contribution is -2.59. The molecule has 1 saturated heterocycles. The second kappa shape index (κ2) is 25.1. The fourth-order valence-electron chi connectivity index (χ4n) is 6.77. The summed E-state index contributed by atoms with van der Waals surface area (Å²) in [6.07, 6.45) is 0.857. The highest BCUT2D eigenvalue weighted by Crippen LogP contribution is 2.16. The number of amides is 8. The van der Waals surface area contributed by atoms with E-state index in [1.165, 1.54) is 30.8 Å². The van der Waals surface area contributed by atoms with Gasteiger partial charge in [0.2, 0.25) is 41.4 Å². The zero-order chi connectivity index (χ0) is 45.9. The molecule has 338 valence electrons. The Labute approximate surface area is 366 Å². The van der Waals surface area contributed by atoms with Crippen LogP contribution in [0.15, 0.2) is 60.7 Å². The first-order chi connectivity index (χ1) is 29.4. The van der Waals surface area contributed by atoms with Crippen molar-refractivity contribution < 1.29 is 47.9 Å². The van der Waals surface area contributed by atoms with Gasteiger partial charge in [-0.1, -0.05) is 74.5 Å². The molecule has 2 aromatic carbocycles. The topological polar surface area (TPSA) is 270 Å². The molecule has 18 nitrogen and oxygen atoms in total. The molecule has 1 aliphatic heterocycles. The number of primary amides is 2. The molecule has 8 amide bonds. The monoisotopic (exact) mass is 880 g/mol. The minimum atomic E-state index is -1.32. The Hall–Kier alpha value is -5.98. The number of likely N-dealkylation sites (N-methyl/N-ethyl adjacent to an activating group) is 2. The average molecular weight is 881 g/mol. The molecule has 2 aromatic rings. The van der Waals surface area contributed by atoms with Crippen LogP contribution < -0.4 is 32.7 Å².